The van der Waals surface area contributed by atoms with Crippen molar-refractivity contribution in [2.75, 3.05) is 32.8 Å². The van der Waals surface area contributed by atoms with Gasteiger partial charge >= 0.3 is 0 Å². The van der Waals surface area contributed by atoms with Gasteiger partial charge in [-0.15, -0.1) is 0 Å². The van der Waals surface area contributed by atoms with E-state index in [1.807, 2.05) is 0 Å². The zero-order valence-corrected chi connectivity index (χ0v) is 8.97. The molecule has 1 aliphatic rings. The predicted octanol–water partition coefficient (Wildman–Crippen LogP) is 1.78. The molecule has 2 nitrogen and oxygen atoms in total. The molecule has 1 saturated heterocycles. The van der Waals surface area contributed by atoms with Crippen LogP contribution in [-0.4, -0.2) is 42.4 Å². The average Bonchev–Trinajstić information content (AvgIpc) is 2.17. The molecule has 13 heavy (non-hydrogen) atoms. The highest BCUT2D eigenvalue weighted by Crippen LogP contribution is 2.19. The first-order chi connectivity index (χ1) is 6.33. The molecule has 1 heterocycles. The largest absolute Gasteiger partial charge is 0.391 e. The van der Waals surface area contributed by atoms with Crippen molar-refractivity contribution in [3.63, 3.8) is 0 Å². The maximum atomic E-state index is 9.07. The fourth-order valence-corrected chi connectivity index (χ4v) is 2.45. The van der Waals surface area contributed by atoms with E-state index in [0.29, 0.717) is 6.61 Å². The van der Waals surface area contributed by atoms with Gasteiger partial charge in [0.25, 0.3) is 0 Å². The summed E-state index contributed by atoms with van der Waals surface area (Å²) in [7, 11) is 0. The van der Waals surface area contributed by atoms with Crippen LogP contribution in [0.3, 0.4) is 0 Å². The summed E-state index contributed by atoms with van der Waals surface area (Å²) in [6.07, 6.45) is 6.73. The number of aliphatic hydroxyl groups is 1. The number of piperidine rings is 1. The van der Waals surface area contributed by atoms with Crippen molar-refractivity contribution in [1.29, 1.82) is 0 Å². The van der Waals surface area contributed by atoms with Crippen molar-refractivity contribution in [2.45, 2.75) is 39.0 Å². The highest BCUT2D eigenvalue weighted by atomic mass is 16.3. The van der Waals surface area contributed by atoms with E-state index in [-0.39, 0.29) is 0 Å². The molecule has 78 valence electrons. The van der Waals surface area contributed by atoms with Crippen molar-refractivity contribution in [1.82, 2.24) is 0 Å². The maximum Gasteiger partial charge on any atom is 0.102 e. The lowest BCUT2D eigenvalue weighted by Gasteiger charge is -2.41. The summed E-state index contributed by atoms with van der Waals surface area (Å²) in [4.78, 5) is 0. The average molecular weight is 186 g/mol. The Kier molecular flexibility index (Phi) is 4.74. The number of unbranched alkanes of at least 4 members (excludes halogenated alkanes) is 1. The van der Waals surface area contributed by atoms with Crippen molar-refractivity contribution in [3.05, 3.63) is 0 Å². The Hall–Kier alpha value is -0.0800. The summed E-state index contributed by atoms with van der Waals surface area (Å²) in [6.45, 7) is 7.50. The van der Waals surface area contributed by atoms with E-state index in [1.165, 1.54) is 56.2 Å². The highest BCUT2D eigenvalue weighted by molar-refractivity contribution is 4.54. The van der Waals surface area contributed by atoms with Crippen molar-refractivity contribution < 1.29 is 9.59 Å². The molecule has 0 radical (unpaired) electrons. The second-order valence-corrected chi connectivity index (χ2v) is 4.37. The molecule has 0 spiro atoms. The van der Waals surface area contributed by atoms with Gasteiger partial charge in [0.1, 0.15) is 6.54 Å². The molecule has 0 bridgehead atoms. The van der Waals surface area contributed by atoms with Crippen LogP contribution in [0.4, 0.5) is 0 Å². The molecule has 1 fully saturated rings. The molecule has 0 unspecified atom stereocenters. The van der Waals surface area contributed by atoms with Gasteiger partial charge < -0.3 is 9.59 Å². The molecule has 0 aromatic rings. The number of likely N-dealkylation sites (tertiary alicyclic amines) is 1. The molecule has 0 aromatic carbocycles. The number of hydrogen-bond donors (Lipinski definition) is 1. The lowest BCUT2D eigenvalue weighted by molar-refractivity contribution is -0.932. The van der Waals surface area contributed by atoms with E-state index in [9.17, 15) is 0 Å². The molecule has 0 saturated carbocycles. The number of aliphatic hydroxyl groups excluding tert-OH is 1. The molecule has 0 aliphatic carbocycles. The summed E-state index contributed by atoms with van der Waals surface area (Å²) in [5, 5.41) is 9.07. The van der Waals surface area contributed by atoms with Crippen LogP contribution < -0.4 is 0 Å². The van der Waals surface area contributed by atoms with Gasteiger partial charge in [-0.05, 0) is 25.7 Å². The molecule has 0 atom stereocenters. The van der Waals surface area contributed by atoms with Gasteiger partial charge in [0.05, 0.1) is 26.2 Å². The monoisotopic (exact) mass is 186 g/mol. The molecule has 1 aliphatic heterocycles. The Morgan fingerprint density at radius 2 is 1.77 bits per heavy atom. The second-order valence-electron chi connectivity index (χ2n) is 4.37. The van der Waals surface area contributed by atoms with E-state index in [0.717, 1.165) is 6.54 Å². The van der Waals surface area contributed by atoms with Crippen LogP contribution in [0.5, 0.6) is 0 Å². The van der Waals surface area contributed by atoms with Crippen molar-refractivity contribution >= 4 is 0 Å². The molecule has 0 aromatic heterocycles. The Bertz CT molecular complexity index is 125. The van der Waals surface area contributed by atoms with Gasteiger partial charge in [0.15, 0.2) is 0 Å². The lowest BCUT2D eigenvalue weighted by Crippen LogP contribution is -2.53. The van der Waals surface area contributed by atoms with E-state index in [4.69, 9.17) is 5.11 Å². The minimum absolute atomic E-state index is 0.365. The van der Waals surface area contributed by atoms with Crippen LogP contribution in [0.1, 0.15) is 39.0 Å². The van der Waals surface area contributed by atoms with Gasteiger partial charge in [-0.2, -0.15) is 0 Å². The second kappa shape index (κ2) is 5.61. The van der Waals surface area contributed by atoms with Crippen molar-refractivity contribution in [3.8, 4) is 0 Å². The van der Waals surface area contributed by atoms with Crippen LogP contribution in [0.15, 0.2) is 0 Å². The van der Waals surface area contributed by atoms with Crippen LogP contribution >= 0.6 is 0 Å². The highest BCUT2D eigenvalue weighted by Gasteiger charge is 2.28. The summed E-state index contributed by atoms with van der Waals surface area (Å²) >= 11 is 0. The molecule has 0 amide bonds. The van der Waals surface area contributed by atoms with Crippen LogP contribution in [0, 0.1) is 0 Å². The summed E-state index contributed by atoms with van der Waals surface area (Å²) in [5.74, 6) is 0. The molecular weight excluding hydrogens is 162 g/mol. The van der Waals surface area contributed by atoms with E-state index < -0.39 is 0 Å². The van der Waals surface area contributed by atoms with Gasteiger partial charge in [-0.3, -0.25) is 0 Å². The fourth-order valence-electron chi connectivity index (χ4n) is 2.45. The molecule has 1 N–H and O–H groups in total. The molecular formula is C11H24NO+. The Morgan fingerprint density at radius 3 is 2.31 bits per heavy atom. The summed E-state index contributed by atoms with van der Waals surface area (Å²) in [5.41, 5.74) is 0. The molecule has 2 heteroatoms. The van der Waals surface area contributed by atoms with Gasteiger partial charge in [-0.25, -0.2) is 0 Å². The van der Waals surface area contributed by atoms with E-state index in [1.54, 1.807) is 0 Å². The third kappa shape index (κ3) is 3.28. The first-order valence-corrected chi connectivity index (χ1v) is 5.79. The fraction of sp³-hybridized carbons (Fsp3) is 1.00. The van der Waals surface area contributed by atoms with E-state index in [2.05, 4.69) is 6.92 Å². The number of quaternary nitrogens is 1. The topological polar surface area (TPSA) is 20.2 Å². The first-order valence-electron chi connectivity index (χ1n) is 5.79. The standard InChI is InChI=1S/C11H24NO/c1-2-3-7-12(10-11-13)8-5-4-6-9-12/h13H,2-11H2,1H3/q+1. The van der Waals surface area contributed by atoms with Crippen LogP contribution in [0.2, 0.25) is 0 Å². The Labute approximate surface area is 82.1 Å². The maximum absolute atomic E-state index is 9.07. The SMILES string of the molecule is CCCC[N+]1(CCO)CCCCC1. The van der Waals surface area contributed by atoms with Gasteiger partial charge in [0.2, 0.25) is 0 Å². The van der Waals surface area contributed by atoms with Crippen molar-refractivity contribution in [2.24, 2.45) is 0 Å². The Morgan fingerprint density at radius 1 is 1.08 bits per heavy atom. The summed E-state index contributed by atoms with van der Waals surface area (Å²) < 4.78 is 1.20. The zero-order chi connectivity index (χ0) is 9.57. The number of hydrogen-bond acceptors (Lipinski definition) is 1. The van der Waals surface area contributed by atoms with Gasteiger partial charge in [0, 0.05) is 0 Å². The predicted molar refractivity (Wildman–Crippen MR) is 55.6 cm³/mol. The number of rotatable bonds is 5. The van der Waals surface area contributed by atoms with Gasteiger partial charge in [-0.1, -0.05) is 13.3 Å². The third-order valence-corrected chi connectivity index (χ3v) is 3.33. The summed E-state index contributed by atoms with van der Waals surface area (Å²) in [6, 6.07) is 0. The zero-order valence-electron chi connectivity index (χ0n) is 8.97. The minimum atomic E-state index is 0.365. The van der Waals surface area contributed by atoms with E-state index >= 15 is 0 Å². The third-order valence-electron chi connectivity index (χ3n) is 3.33. The van der Waals surface area contributed by atoms with Crippen LogP contribution in [0.25, 0.3) is 0 Å². The smallest absolute Gasteiger partial charge is 0.102 e. The Balaban J connectivity index is 2.40. The minimum Gasteiger partial charge on any atom is -0.391 e. The van der Waals surface area contributed by atoms with Crippen LogP contribution in [-0.2, 0) is 0 Å². The lowest BCUT2D eigenvalue weighted by atomic mass is 10.1. The number of nitrogens with zero attached hydrogens (tertiary/aromatic N) is 1. The molecule has 1 rings (SSSR count). The normalized spacial score (nSPS) is 21.7. The first kappa shape index (κ1) is 11.0. The quantitative estimate of drug-likeness (QED) is 0.649.